The topological polar surface area (TPSA) is 55.6 Å². The Hall–Kier alpha value is -1.55. The zero-order valence-electron chi connectivity index (χ0n) is 13.0. The number of unbranched alkanes of at least 4 members (excludes halogenated alkanes) is 1. The molecule has 1 saturated heterocycles. The third-order valence-corrected chi connectivity index (χ3v) is 4.25. The van der Waals surface area contributed by atoms with Crippen LogP contribution < -0.4 is 10.5 Å². The molecule has 116 valence electrons. The van der Waals surface area contributed by atoms with E-state index in [9.17, 15) is 4.79 Å². The predicted octanol–water partition coefficient (Wildman–Crippen LogP) is 2.67. The van der Waals surface area contributed by atoms with Crippen molar-refractivity contribution in [1.29, 1.82) is 0 Å². The fraction of sp³-hybridized carbons (Fsp3) is 0.588. The Morgan fingerprint density at radius 2 is 2.10 bits per heavy atom. The van der Waals surface area contributed by atoms with Gasteiger partial charge in [-0.25, -0.2) is 0 Å². The van der Waals surface area contributed by atoms with Crippen molar-refractivity contribution in [2.75, 3.05) is 19.7 Å². The van der Waals surface area contributed by atoms with E-state index >= 15 is 0 Å². The standard InChI is InChI=1S/C17H26N2O2/c1-3-4-11-21-15-7-5-14(6-8-15)17(20)19-10-9-13(2)16(19)12-18/h5-8,13,16H,3-4,9-12,18H2,1-2H3. The Morgan fingerprint density at radius 1 is 1.38 bits per heavy atom. The van der Waals surface area contributed by atoms with Crippen molar-refractivity contribution in [3.8, 4) is 5.75 Å². The Labute approximate surface area is 127 Å². The average Bonchev–Trinajstić information content (AvgIpc) is 2.88. The fourth-order valence-electron chi connectivity index (χ4n) is 2.81. The van der Waals surface area contributed by atoms with Crippen molar-refractivity contribution < 1.29 is 9.53 Å². The molecule has 0 bridgehead atoms. The monoisotopic (exact) mass is 290 g/mol. The summed E-state index contributed by atoms with van der Waals surface area (Å²) in [5.41, 5.74) is 6.52. The highest BCUT2D eigenvalue weighted by atomic mass is 16.5. The minimum absolute atomic E-state index is 0.0786. The van der Waals surface area contributed by atoms with Crippen LogP contribution in [0.5, 0.6) is 5.75 Å². The van der Waals surface area contributed by atoms with Crippen LogP contribution in [0.2, 0.25) is 0 Å². The van der Waals surface area contributed by atoms with Gasteiger partial charge in [-0.05, 0) is 43.0 Å². The highest BCUT2D eigenvalue weighted by Crippen LogP contribution is 2.25. The number of benzene rings is 1. The van der Waals surface area contributed by atoms with Crippen LogP contribution in [0.25, 0.3) is 0 Å². The number of likely N-dealkylation sites (tertiary alicyclic amines) is 1. The summed E-state index contributed by atoms with van der Waals surface area (Å²) < 4.78 is 5.62. The number of nitrogens with zero attached hydrogens (tertiary/aromatic N) is 1. The molecule has 0 spiro atoms. The van der Waals surface area contributed by atoms with Crippen molar-refractivity contribution in [3.63, 3.8) is 0 Å². The van der Waals surface area contributed by atoms with Crippen LogP contribution in [-0.4, -0.2) is 36.5 Å². The number of carbonyl (C=O) groups excluding carboxylic acids is 1. The molecule has 1 heterocycles. The Kier molecular flexibility index (Phi) is 5.62. The molecule has 0 saturated carbocycles. The number of amides is 1. The number of hydrogen-bond acceptors (Lipinski definition) is 3. The van der Waals surface area contributed by atoms with E-state index in [2.05, 4.69) is 13.8 Å². The van der Waals surface area contributed by atoms with Crippen LogP contribution >= 0.6 is 0 Å². The first kappa shape index (κ1) is 15.8. The molecule has 1 aliphatic rings. The van der Waals surface area contributed by atoms with Gasteiger partial charge >= 0.3 is 0 Å². The van der Waals surface area contributed by atoms with Crippen LogP contribution in [-0.2, 0) is 0 Å². The fourth-order valence-corrected chi connectivity index (χ4v) is 2.81. The predicted molar refractivity (Wildman–Crippen MR) is 84.5 cm³/mol. The second-order valence-electron chi connectivity index (χ2n) is 5.79. The number of hydrogen-bond donors (Lipinski definition) is 1. The summed E-state index contributed by atoms with van der Waals surface area (Å²) in [6, 6.07) is 7.61. The molecule has 1 fully saturated rings. The van der Waals surface area contributed by atoms with Gasteiger partial charge in [0.1, 0.15) is 5.75 Å². The van der Waals surface area contributed by atoms with Gasteiger partial charge in [0.05, 0.1) is 6.61 Å². The molecule has 2 N–H and O–H groups in total. The van der Waals surface area contributed by atoms with Crippen molar-refractivity contribution >= 4 is 5.91 Å². The maximum atomic E-state index is 12.6. The molecule has 4 nitrogen and oxygen atoms in total. The quantitative estimate of drug-likeness (QED) is 0.820. The van der Waals surface area contributed by atoms with Crippen LogP contribution in [0.3, 0.4) is 0 Å². The van der Waals surface area contributed by atoms with E-state index in [1.807, 2.05) is 29.2 Å². The Balaban J connectivity index is 1.99. The van der Waals surface area contributed by atoms with Crippen molar-refractivity contribution in [2.24, 2.45) is 11.7 Å². The van der Waals surface area contributed by atoms with Gasteiger partial charge in [0.15, 0.2) is 0 Å². The van der Waals surface area contributed by atoms with E-state index in [0.717, 1.165) is 38.2 Å². The van der Waals surface area contributed by atoms with E-state index < -0.39 is 0 Å². The third kappa shape index (κ3) is 3.76. The maximum absolute atomic E-state index is 12.6. The number of nitrogens with two attached hydrogens (primary N) is 1. The van der Waals surface area contributed by atoms with Gasteiger partial charge in [0.2, 0.25) is 0 Å². The first-order valence-electron chi connectivity index (χ1n) is 7.91. The zero-order valence-corrected chi connectivity index (χ0v) is 13.0. The highest BCUT2D eigenvalue weighted by molar-refractivity contribution is 5.94. The second kappa shape index (κ2) is 7.46. The number of ether oxygens (including phenoxy) is 1. The summed E-state index contributed by atoms with van der Waals surface area (Å²) in [6.45, 7) is 6.36. The molecule has 4 heteroatoms. The third-order valence-electron chi connectivity index (χ3n) is 4.25. The van der Waals surface area contributed by atoms with Crippen LogP contribution in [0.4, 0.5) is 0 Å². The lowest BCUT2D eigenvalue weighted by Gasteiger charge is -2.25. The molecule has 1 amide bonds. The second-order valence-corrected chi connectivity index (χ2v) is 5.79. The average molecular weight is 290 g/mol. The molecule has 2 unspecified atom stereocenters. The SMILES string of the molecule is CCCCOc1ccc(C(=O)N2CCC(C)C2CN)cc1. The molecule has 0 aliphatic carbocycles. The Morgan fingerprint density at radius 3 is 2.71 bits per heavy atom. The van der Waals surface area contributed by atoms with Gasteiger partial charge in [0, 0.05) is 24.7 Å². The van der Waals surface area contributed by atoms with Gasteiger partial charge in [-0.2, -0.15) is 0 Å². The Bertz CT molecular complexity index is 458. The van der Waals surface area contributed by atoms with Crippen LogP contribution in [0, 0.1) is 5.92 Å². The van der Waals surface area contributed by atoms with Crippen molar-refractivity contribution in [2.45, 2.75) is 39.2 Å². The molecule has 21 heavy (non-hydrogen) atoms. The summed E-state index contributed by atoms with van der Waals surface area (Å²) in [7, 11) is 0. The summed E-state index contributed by atoms with van der Waals surface area (Å²) in [5.74, 6) is 1.38. The van der Waals surface area contributed by atoms with Crippen molar-refractivity contribution in [3.05, 3.63) is 29.8 Å². The van der Waals surface area contributed by atoms with Gasteiger partial charge in [-0.3, -0.25) is 4.79 Å². The number of rotatable bonds is 6. The van der Waals surface area contributed by atoms with Crippen molar-refractivity contribution in [1.82, 2.24) is 4.90 Å². The minimum Gasteiger partial charge on any atom is -0.494 e. The molecule has 1 aromatic carbocycles. The molecule has 0 aromatic heterocycles. The van der Waals surface area contributed by atoms with E-state index in [0.29, 0.717) is 18.0 Å². The molecule has 1 aliphatic heterocycles. The first-order chi connectivity index (χ1) is 10.2. The molecule has 1 aromatic rings. The minimum atomic E-state index is 0.0786. The lowest BCUT2D eigenvalue weighted by Crippen LogP contribution is -2.42. The molecule has 2 atom stereocenters. The van der Waals surface area contributed by atoms with Gasteiger partial charge < -0.3 is 15.4 Å². The van der Waals surface area contributed by atoms with E-state index in [1.165, 1.54) is 0 Å². The molecular weight excluding hydrogens is 264 g/mol. The van der Waals surface area contributed by atoms with E-state index in [4.69, 9.17) is 10.5 Å². The maximum Gasteiger partial charge on any atom is 0.254 e. The molecule has 0 radical (unpaired) electrons. The summed E-state index contributed by atoms with van der Waals surface area (Å²) >= 11 is 0. The number of carbonyl (C=O) groups is 1. The van der Waals surface area contributed by atoms with E-state index in [1.54, 1.807) is 0 Å². The largest absolute Gasteiger partial charge is 0.494 e. The summed E-state index contributed by atoms with van der Waals surface area (Å²) in [6.07, 6.45) is 3.19. The van der Waals surface area contributed by atoms with E-state index in [-0.39, 0.29) is 11.9 Å². The van der Waals surface area contributed by atoms with Crippen LogP contribution in [0.15, 0.2) is 24.3 Å². The highest BCUT2D eigenvalue weighted by Gasteiger charge is 2.33. The molecule has 2 rings (SSSR count). The smallest absolute Gasteiger partial charge is 0.254 e. The van der Waals surface area contributed by atoms with Gasteiger partial charge in [0.25, 0.3) is 5.91 Å². The van der Waals surface area contributed by atoms with Crippen LogP contribution in [0.1, 0.15) is 43.5 Å². The van der Waals surface area contributed by atoms with Gasteiger partial charge in [-0.15, -0.1) is 0 Å². The first-order valence-corrected chi connectivity index (χ1v) is 7.91. The molecular formula is C17H26N2O2. The zero-order chi connectivity index (χ0) is 15.2. The summed E-state index contributed by atoms with van der Waals surface area (Å²) in [4.78, 5) is 14.5. The van der Waals surface area contributed by atoms with Gasteiger partial charge in [-0.1, -0.05) is 20.3 Å². The lowest BCUT2D eigenvalue weighted by molar-refractivity contribution is 0.0727. The normalized spacial score (nSPS) is 21.6. The lowest BCUT2D eigenvalue weighted by atomic mass is 10.0. The summed E-state index contributed by atoms with van der Waals surface area (Å²) in [5, 5.41) is 0.